The van der Waals surface area contributed by atoms with Crippen LogP contribution in [0.4, 0.5) is 0 Å². The molecule has 0 atom stereocenters. The number of rotatable bonds is 6. The maximum atomic E-state index is 12.8. The minimum Gasteiger partial charge on any atom is -0.478 e. The summed E-state index contributed by atoms with van der Waals surface area (Å²) in [4.78, 5) is 36.7. The topological polar surface area (TPSA) is 114 Å². The molecule has 1 aliphatic rings. The average Bonchev–Trinajstić information content (AvgIpc) is 3.33. The number of carbonyl (C=O) groups excluding carboxylic acids is 2. The lowest BCUT2D eigenvalue weighted by atomic mass is 10.1. The molecule has 0 saturated heterocycles. The van der Waals surface area contributed by atoms with Gasteiger partial charge in [0.25, 0.3) is 21.8 Å². The summed E-state index contributed by atoms with van der Waals surface area (Å²) in [5, 5.41) is 8.67. The molecule has 3 aromatic rings. The van der Waals surface area contributed by atoms with Gasteiger partial charge in [-0.15, -0.1) is 0 Å². The largest absolute Gasteiger partial charge is 0.478 e. The molecule has 0 aliphatic carbocycles. The Bertz CT molecular complexity index is 1300. The smallest absolute Gasteiger partial charge is 0.328 e. The van der Waals surface area contributed by atoms with Gasteiger partial charge in [0.2, 0.25) is 0 Å². The van der Waals surface area contributed by atoms with Gasteiger partial charge in [-0.3, -0.25) is 14.5 Å². The predicted octanol–water partition coefficient (Wildman–Crippen LogP) is 2.62. The SMILES string of the molecule is O=C(O)C=Cc1ccn(S(=O)(=O)c2ccc(CN3C(=O)c4ccccc4C3=O)cc2)c1. The molecule has 1 aromatic heterocycles. The van der Waals surface area contributed by atoms with Gasteiger partial charge in [-0.1, -0.05) is 24.3 Å². The van der Waals surface area contributed by atoms with Gasteiger partial charge in [0.15, 0.2) is 0 Å². The van der Waals surface area contributed by atoms with Crippen molar-refractivity contribution in [3.05, 3.63) is 95.3 Å². The normalized spacial score (nSPS) is 13.7. The summed E-state index contributed by atoms with van der Waals surface area (Å²) in [7, 11) is -3.88. The van der Waals surface area contributed by atoms with Crippen LogP contribution >= 0.6 is 0 Å². The molecule has 9 heteroatoms. The molecule has 2 aromatic carbocycles. The molecule has 2 heterocycles. The van der Waals surface area contributed by atoms with Gasteiger partial charge in [0.05, 0.1) is 22.6 Å². The van der Waals surface area contributed by atoms with Crippen LogP contribution in [0.15, 0.2) is 78.0 Å². The molecule has 156 valence electrons. The van der Waals surface area contributed by atoms with E-state index in [2.05, 4.69) is 0 Å². The number of benzene rings is 2. The van der Waals surface area contributed by atoms with Gasteiger partial charge in [-0.2, -0.15) is 0 Å². The van der Waals surface area contributed by atoms with E-state index in [-0.39, 0.29) is 23.3 Å². The zero-order valence-corrected chi connectivity index (χ0v) is 16.8. The second-order valence-corrected chi connectivity index (χ2v) is 8.68. The number of fused-ring (bicyclic) bond motifs is 1. The van der Waals surface area contributed by atoms with E-state index >= 15 is 0 Å². The highest BCUT2D eigenvalue weighted by molar-refractivity contribution is 7.90. The van der Waals surface area contributed by atoms with Crippen molar-refractivity contribution in [3.8, 4) is 0 Å². The Labute approximate surface area is 177 Å². The monoisotopic (exact) mass is 436 g/mol. The number of hydrogen-bond acceptors (Lipinski definition) is 5. The van der Waals surface area contributed by atoms with E-state index in [1.165, 1.54) is 36.7 Å². The molecule has 31 heavy (non-hydrogen) atoms. The summed E-state index contributed by atoms with van der Waals surface area (Å²) in [5.74, 6) is -1.90. The molecular weight excluding hydrogens is 420 g/mol. The molecule has 0 saturated carbocycles. The molecule has 1 aliphatic heterocycles. The summed E-state index contributed by atoms with van der Waals surface area (Å²) >= 11 is 0. The number of carbonyl (C=O) groups is 3. The number of imide groups is 1. The fraction of sp³-hybridized carbons (Fsp3) is 0.0455. The van der Waals surface area contributed by atoms with E-state index in [4.69, 9.17) is 5.11 Å². The molecule has 0 bridgehead atoms. The molecule has 2 amide bonds. The predicted molar refractivity (Wildman–Crippen MR) is 111 cm³/mol. The van der Waals surface area contributed by atoms with Crippen LogP contribution in [-0.2, 0) is 21.4 Å². The Morgan fingerprint density at radius 1 is 0.935 bits per heavy atom. The van der Waals surface area contributed by atoms with Crippen LogP contribution in [0.3, 0.4) is 0 Å². The van der Waals surface area contributed by atoms with Crippen molar-refractivity contribution < 1.29 is 27.9 Å². The molecule has 0 unspecified atom stereocenters. The maximum Gasteiger partial charge on any atom is 0.328 e. The Morgan fingerprint density at radius 2 is 1.55 bits per heavy atom. The average molecular weight is 436 g/mol. The fourth-order valence-electron chi connectivity index (χ4n) is 3.26. The number of carboxylic acid groups (broad SMARTS) is 1. The fourth-order valence-corrected chi connectivity index (χ4v) is 4.47. The minimum absolute atomic E-state index is 0.0166. The number of nitrogens with zero attached hydrogens (tertiary/aromatic N) is 2. The van der Waals surface area contributed by atoms with Crippen LogP contribution in [-0.4, -0.2) is 40.2 Å². The minimum atomic E-state index is -3.88. The summed E-state index contributed by atoms with van der Waals surface area (Å²) in [6.45, 7) is 0.0281. The van der Waals surface area contributed by atoms with Crippen LogP contribution in [0, 0.1) is 0 Å². The van der Waals surface area contributed by atoms with Crippen molar-refractivity contribution >= 4 is 33.9 Å². The van der Waals surface area contributed by atoms with Crippen LogP contribution in [0.25, 0.3) is 6.08 Å². The number of hydrogen-bond donors (Lipinski definition) is 1. The van der Waals surface area contributed by atoms with Crippen LogP contribution in [0.2, 0.25) is 0 Å². The molecule has 0 spiro atoms. The molecule has 1 N–H and O–H groups in total. The lowest BCUT2D eigenvalue weighted by molar-refractivity contribution is -0.131. The van der Waals surface area contributed by atoms with E-state index in [9.17, 15) is 22.8 Å². The van der Waals surface area contributed by atoms with Gasteiger partial charge < -0.3 is 5.11 Å². The number of aliphatic carboxylic acids is 1. The first-order valence-corrected chi connectivity index (χ1v) is 10.6. The van der Waals surface area contributed by atoms with E-state index in [1.807, 2.05) is 0 Å². The lowest BCUT2D eigenvalue weighted by Gasteiger charge is -2.14. The quantitative estimate of drug-likeness (QED) is 0.469. The second-order valence-electron chi connectivity index (χ2n) is 6.84. The van der Waals surface area contributed by atoms with Crippen molar-refractivity contribution in [2.45, 2.75) is 11.4 Å². The summed E-state index contributed by atoms with van der Waals surface area (Å²) in [6, 6.07) is 14.0. The third-order valence-electron chi connectivity index (χ3n) is 4.83. The van der Waals surface area contributed by atoms with E-state index in [1.54, 1.807) is 36.4 Å². The molecule has 8 nitrogen and oxygen atoms in total. The summed E-state index contributed by atoms with van der Waals surface area (Å²) in [5.41, 5.74) is 1.73. The van der Waals surface area contributed by atoms with Crippen molar-refractivity contribution in [1.82, 2.24) is 8.87 Å². The third kappa shape index (κ3) is 3.78. The van der Waals surface area contributed by atoms with Crippen molar-refractivity contribution in [2.24, 2.45) is 0 Å². The Kier molecular flexibility index (Phi) is 5.04. The zero-order chi connectivity index (χ0) is 22.2. The van der Waals surface area contributed by atoms with E-state index in [0.717, 1.165) is 14.9 Å². The zero-order valence-electron chi connectivity index (χ0n) is 16.0. The molecule has 0 fully saturated rings. The molecule has 4 rings (SSSR count). The third-order valence-corrected chi connectivity index (χ3v) is 6.48. The van der Waals surface area contributed by atoms with Crippen LogP contribution in [0.5, 0.6) is 0 Å². The molecule has 0 radical (unpaired) electrons. The maximum absolute atomic E-state index is 12.8. The summed E-state index contributed by atoms with van der Waals surface area (Å²) in [6.07, 6.45) is 4.84. The van der Waals surface area contributed by atoms with E-state index < -0.39 is 16.0 Å². The van der Waals surface area contributed by atoms with Gasteiger partial charge >= 0.3 is 5.97 Å². The Morgan fingerprint density at radius 3 is 2.13 bits per heavy atom. The number of aromatic nitrogens is 1. The Hall–Kier alpha value is -3.98. The highest BCUT2D eigenvalue weighted by Gasteiger charge is 2.35. The van der Waals surface area contributed by atoms with Crippen molar-refractivity contribution in [3.63, 3.8) is 0 Å². The van der Waals surface area contributed by atoms with Crippen LogP contribution < -0.4 is 0 Å². The van der Waals surface area contributed by atoms with Crippen LogP contribution in [0.1, 0.15) is 31.8 Å². The van der Waals surface area contributed by atoms with Gasteiger partial charge in [-0.05, 0) is 47.5 Å². The second kappa shape index (κ2) is 7.69. The van der Waals surface area contributed by atoms with Crippen molar-refractivity contribution in [2.75, 3.05) is 0 Å². The first-order valence-electron chi connectivity index (χ1n) is 9.16. The summed E-state index contributed by atoms with van der Waals surface area (Å²) < 4.78 is 26.6. The number of carboxylic acids is 1. The lowest BCUT2D eigenvalue weighted by Crippen LogP contribution is -2.29. The Balaban J connectivity index is 1.53. The standard InChI is InChI=1S/C22H16N2O6S/c25-20(26)10-7-16-11-12-23(13-16)31(29,30)17-8-5-15(6-9-17)14-24-21(27)18-3-1-2-4-19(18)22(24)28/h1-13H,14H2,(H,25,26). The van der Waals surface area contributed by atoms with Gasteiger partial charge in [0.1, 0.15) is 0 Å². The van der Waals surface area contributed by atoms with Crippen molar-refractivity contribution in [1.29, 1.82) is 0 Å². The first kappa shape index (κ1) is 20.3. The first-order chi connectivity index (χ1) is 14.8. The highest BCUT2D eigenvalue weighted by atomic mass is 32.2. The van der Waals surface area contributed by atoms with Gasteiger partial charge in [0, 0.05) is 18.5 Å². The van der Waals surface area contributed by atoms with E-state index in [0.29, 0.717) is 22.3 Å². The van der Waals surface area contributed by atoms with Gasteiger partial charge in [-0.25, -0.2) is 17.2 Å². The number of amides is 2. The molecular formula is C22H16N2O6S. The highest BCUT2D eigenvalue weighted by Crippen LogP contribution is 2.25.